The second-order valence-electron chi connectivity index (χ2n) is 5.36. The molecule has 3 aromatic rings. The third kappa shape index (κ3) is 4.41. The van der Waals surface area contributed by atoms with Crippen LogP contribution in [0.1, 0.15) is 16.1 Å². The predicted octanol–water partition coefficient (Wildman–Crippen LogP) is 2.69. The number of hydrazine groups is 1. The summed E-state index contributed by atoms with van der Waals surface area (Å²) in [6, 6.07) is 16.6. The summed E-state index contributed by atoms with van der Waals surface area (Å²) in [5.41, 5.74) is 6.92. The minimum atomic E-state index is -0.525. The quantitative estimate of drug-likeness (QED) is 0.499. The van der Waals surface area contributed by atoms with Crippen molar-refractivity contribution in [2.75, 3.05) is 0 Å². The first-order chi connectivity index (χ1) is 12.6. The molecule has 3 rings (SSSR count). The van der Waals surface area contributed by atoms with E-state index in [0.29, 0.717) is 11.3 Å². The molecule has 2 amide bonds. The van der Waals surface area contributed by atoms with Gasteiger partial charge in [0.25, 0.3) is 11.8 Å². The highest BCUT2D eigenvalue weighted by Crippen LogP contribution is 2.16. The van der Waals surface area contributed by atoms with Crippen molar-refractivity contribution < 1.29 is 14.0 Å². The molecule has 0 aliphatic heterocycles. The van der Waals surface area contributed by atoms with Gasteiger partial charge in [-0.15, -0.1) is 0 Å². The summed E-state index contributed by atoms with van der Waals surface area (Å²) in [4.78, 5) is 23.8. The topological polar surface area (TPSA) is 86.9 Å². The van der Waals surface area contributed by atoms with Gasteiger partial charge in [0.2, 0.25) is 0 Å². The number of halogens is 1. The molecule has 0 aliphatic rings. The van der Waals surface area contributed by atoms with Crippen molar-refractivity contribution in [1.82, 2.24) is 21.0 Å². The summed E-state index contributed by atoms with van der Waals surface area (Å²) in [5, 5.41) is 6.70. The van der Waals surface area contributed by atoms with Crippen LogP contribution in [0.5, 0.6) is 0 Å². The molecule has 0 aliphatic carbocycles. The minimum absolute atomic E-state index is 0.215. The number of carbonyl (C=O) groups is 2. The fourth-order valence-corrected chi connectivity index (χ4v) is 2.17. The lowest BCUT2D eigenvalue weighted by molar-refractivity contribution is -0.117. The zero-order chi connectivity index (χ0) is 18.4. The summed E-state index contributed by atoms with van der Waals surface area (Å²) < 4.78 is 12.8. The summed E-state index contributed by atoms with van der Waals surface area (Å²) in [5.74, 6) is -1.40. The van der Waals surface area contributed by atoms with Crippen molar-refractivity contribution in [3.05, 3.63) is 83.8 Å². The first-order valence-electron chi connectivity index (χ1n) is 7.76. The first-order valence-corrected chi connectivity index (χ1v) is 7.76. The van der Waals surface area contributed by atoms with E-state index in [4.69, 9.17) is 0 Å². The zero-order valence-electron chi connectivity index (χ0n) is 13.6. The molecule has 1 heterocycles. The second kappa shape index (κ2) is 7.89. The van der Waals surface area contributed by atoms with Crippen LogP contribution in [0, 0.1) is 5.82 Å². The van der Waals surface area contributed by atoms with Crippen LogP contribution >= 0.6 is 0 Å². The van der Waals surface area contributed by atoms with E-state index in [1.165, 1.54) is 36.4 Å². The van der Waals surface area contributed by atoms with Crippen molar-refractivity contribution in [1.29, 1.82) is 0 Å². The number of hydrogen-bond acceptors (Lipinski definition) is 3. The maximum atomic E-state index is 12.8. The minimum Gasteiger partial charge on any atom is -0.272 e. The van der Waals surface area contributed by atoms with Crippen LogP contribution in [0.25, 0.3) is 17.3 Å². The van der Waals surface area contributed by atoms with E-state index in [2.05, 4.69) is 21.0 Å². The molecule has 130 valence electrons. The van der Waals surface area contributed by atoms with Crippen LogP contribution in [0.2, 0.25) is 0 Å². The van der Waals surface area contributed by atoms with Gasteiger partial charge in [0.05, 0.1) is 5.69 Å². The molecule has 3 N–H and O–H groups in total. The molecule has 6 nitrogen and oxygen atoms in total. The highest BCUT2D eigenvalue weighted by atomic mass is 19.1. The highest BCUT2D eigenvalue weighted by Gasteiger charge is 2.11. The van der Waals surface area contributed by atoms with E-state index in [1.54, 1.807) is 6.07 Å². The average molecular weight is 350 g/mol. The van der Waals surface area contributed by atoms with Gasteiger partial charge in [-0.3, -0.25) is 25.5 Å². The Morgan fingerprint density at radius 2 is 1.73 bits per heavy atom. The molecule has 0 saturated carbocycles. The van der Waals surface area contributed by atoms with Crippen LogP contribution < -0.4 is 10.9 Å². The molecule has 26 heavy (non-hydrogen) atoms. The Bertz CT molecular complexity index is 934. The Labute approximate surface area is 148 Å². The summed E-state index contributed by atoms with van der Waals surface area (Å²) in [6.07, 6.45) is 2.74. The van der Waals surface area contributed by atoms with Crippen molar-refractivity contribution in [2.24, 2.45) is 0 Å². The lowest BCUT2D eigenvalue weighted by atomic mass is 10.1. The molecule has 7 heteroatoms. The third-order valence-electron chi connectivity index (χ3n) is 3.49. The number of carbonyl (C=O) groups excluding carboxylic acids is 2. The van der Waals surface area contributed by atoms with E-state index >= 15 is 0 Å². The summed E-state index contributed by atoms with van der Waals surface area (Å²) in [6.45, 7) is 0. The van der Waals surface area contributed by atoms with E-state index in [9.17, 15) is 14.0 Å². The monoisotopic (exact) mass is 350 g/mol. The Balaban J connectivity index is 1.54. The number of aromatic amines is 1. The SMILES string of the molecule is O=C(/C=C/c1ccc(F)cc1)NNC(=O)c1cc(-c2ccccc2)n[nH]1. The highest BCUT2D eigenvalue weighted by molar-refractivity contribution is 5.97. The number of nitrogens with zero attached hydrogens (tertiary/aromatic N) is 1. The van der Waals surface area contributed by atoms with Gasteiger partial charge < -0.3 is 0 Å². The van der Waals surface area contributed by atoms with Gasteiger partial charge in [0.15, 0.2) is 0 Å². The van der Waals surface area contributed by atoms with E-state index < -0.39 is 11.8 Å². The van der Waals surface area contributed by atoms with Crippen molar-refractivity contribution in [3.8, 4) is 11.3 Å². The number of rotatable bonds is 4. The van der Waals surface area contributed by atoms with Gasteiger partial charge in [0.1, 0.15) is 11.5 Å². The Morgan fingerprint density at radius 3 is 2.46 bits per heavy atom. The van der Waals surface area contributed by atoms with Gasteiger partial charge >= 0.3 is 0 Å². The number of nitrogens with one attached hydrogen (secondary N) is 3. The van der Waals surface area contributed by atoms with Crippen LogP contribution in [0.15, 0.2) is 66.7 Å². The Kier molecular flexibility index (Phi) is 5.19. The Hall–Kier alpha value is -3.74. The van der Waals surface area contributed by atoms with Crippen LogP contribution in [0.3, 0.4) is 0 Å². The summed E-state index contributed by atoms with van der Waals surface area (Å²) in [7, 11) is 0. The second-order valence-corrected chi connectivity index (χ2v) is 5.36. The zero-order valence-corrected chi connectivity index (χ0v) is 13.6. The third-order valence-corrected chi connectivity index (χ3v) is 3.49. The number of benzene rings is 2. The van der Waals surface area contributed by atoms with Gasteiger partial charge in [-0.1, -0.05) is 42.5 Å². The molecule has 0 atom stereocenters. The Morgan fingerprint density at radius 1 is 1.00 bits per heavy atom. The smallest absolute Gasteiger partial charge is 0.272 e. The molecular formula is C19H15FN4O2. The molecule has 0 saturated heterocycles. The molecule has 0 fully saturated rings. The number of hydrogen-bond donors (Lipinski definition) is 3. The van der Waals surface area contributed by atoms with Crippen LogP contribution in [0.4, 0.5) is 4.39 Å². The predicted molar refractivity (Wildman–Crippen MR) is 95.1 cm³/mol. The summed E-state index contributed by atoms with van der Waals surface area (Å²) >= 11 is 0. The van der Waals surface area contributed by atoms with E-state index in [1.807, 2.05) is 30.3 Å². The lowest BCUT2D eigenvalue weighted by Crippen LogP contribution is -2.40. The van der Waals surface area contributed by atoms with E-state index in [0.717, 1.165) is 5.56 Å². The van der Waals surface area contributed by atoms with Crippen LogP contribution in [-0.4, -0.2) is 22.0 Å². The maximum absolute atomic E-state index is 12.8. The van der Waals surface area contributed by atoms with Gasteiger partial charge in [0, 0.05) is 11.6 Å². The molecule has 0 spiro atoms. The molecule has 0 bridgehead atoms. The molecule has 0 radical (unpaired) electrons. The standard InChI is InChI=1S/C19H15FN4O2/c20-15-9-6-13(7-10-15)8-11-18(25)23-24-19(26)17-12-16(21-22-17)14-4-2-1-3-5-14/h1-12H,(H,21,22)(H,23,25)(H,24,26)/b11-8+. The average Bonchev–Trinajstić information content (AvgIpc) is 3.17. The first kappa shape index (κ1) is 17.1. The largest absolute Gasteiger partial charge is 0.287 e. The number of amides is 2. The fourth-order valence-electron chi connectivity index (χ4n) is 2.17. The van der Waals surface area contributed by atoms with Gasteiger partial charge in [-0.2, -0.15) is 5.10 Å². The maximum Gasteiger partial charge on any atom is 0.287 e. The van der Waals surface area contributed by atoms with Crippen molar-refractivity contribution in [3.63, 3.8) is 0 Å². The van der Waals surface area contributed by atoms with Crippen LogP contribution in [-0.2, 0) is 4.79 Å². The normalized spacial score (nSPS) is 10.7. The molecule has 0 unspecified atom stereocenters. The molecular weight excluding hydrogens is 335 g/mol. The lowest BCUT2D eigenvalue weighted by Gasteiger charge is -2.03. The number of aromatic nitrogens is 2. The van der Waals surface area contributed by atoms with Gasteiger partial charge in [-0.25, -0.2) is 4.39 Å². The molecule has 2 aromatic carbocycles. The van der Waals surface area contributed by atoms with Crippen molar-refractivity contribution >= 4 is 17.9 Å². The fraction of sp³-hybridized carbons (Fsp3) is 0. The van der Waals surface area contributed by atoms with Crippen molar-refractivity contribution in [2.45, 2.75) is 0 Å². The van der Waals surface area contributed by atoms with E-state index in [-0.39, 0.29) is 11.5 Å². The van der Waals surface area contributed by atoms with Gasteiger partial charge in [-0.05, 0) is 29.8 Å². The molecule has 1 aromatic heterocycles. The number of H-pyrrole nitrogens is 1.